The number of benzene rings is 2. The standard InChI is InChI=1S/C27H37N3O4S/c1-6-21-7-11-24(12-8-21)30-18-22(15-26(30)31)27(32)28-23-9-13-25(14-10-23)35(33,34)29(16-19(2)3)17-20(4)5/h7-14,19-20,22H,6,15-18H2,1-5H3,(H,28,32). The van der Waals surface area contributed by atoms with E-state index in [0.29, 0.717) is 25.3 Å². The Kier molecular flexibility index (Phi) is 8.72. The lowest BCUT2D eigenvalue weighted by Crippen LogP contribution is -2.37. The number of sulfonamides is 1. The maximum atomic E-state index is 13.2. The summed E-state index contributed by atoms with van der Waals surface area (Å²) in [5, 5.41) is 2.84. The van der Waals surface area contributed by atoms with Gasteiger partial charge in [-0.25, -0.2) is 8.42 Å². The van der Waals surface area contributed by atoms with Crippen LogP contribution in [0.3, 0.4) is 0 Å². The van der Waals surface area contributed by atoms with Crippen molar-refractivity contribution in [2.45, 2.75) is 52.4 Å². The lowest BCUT2D eigenvalue weighted by atomic mass is 10.1. The molecule has 1 saturated heterocycles. The van der Waals surface area contributed by atoms with Crippen LogP contribution >= 0.6 is 0 Å². The summed E-state index contributed by atoms with van der Waals surface area (Å²) in [6, 6.07) is 14.1. The summed E-state index contributed by atoms with van der Waals surface area (Å²) < 4.78 is 27.9. The van der Waals surface area contributed by atoms with Crippen molar-refractivity contribution in [3.8, 4) is 0 Å². The van der Waals surface area contributed by atoms with Crippen LogP contribution in [0.2, 0.25) is 0 Å². The minimum Gasteiger partial charge on any atom is -0.326 e. The van der Waals surface area contributed by atoms with Crippen molar-refractivity contribution in [2.24, 2.45) is 17.8 Å². The Hall–Kier alpha value is -2.71. The van der Waals surface area contributed by atoms with Gasteiger partial charge in [0.05, 0.1) is 10.8 Å². The summed E-state index contributed by atoms with van der Waals surface area (Å²) in [7, 11) is -3.63. The Morgan fingerprint density at radius 1 is 1.00 bits per heavy atom. The summed E-state index contributed by atoms with van der Waals surface area (Å²) in [5.41, 5.74) is 2.49. The molecule has 1 atom stereocenters. The van der Waals surface area contributed by atoms with Crippen molar-refractivity contribution in [1.29, 1.82) is 0 Å². The average molecular weight is 500 g/mol. The smallest absolute Gasteiger partial charge is 0.243 e. The van der Waals surface area contributed by atoms with Crippen LogP contribution in [0.5, 0.6) is 0 Å². The summed E-state index contributed by atoms with van der Waals surface area (Å²) in [4.78, 5) is 27.2. The molecule has 2 aromatic carbocycles. The first-order chi connectivity index (χ1) is 16.5. The predicted octanol–water partition coefficient (Wildman–Crippen LogP) is 4.54. The van der Waals surface area contributed by atoms with Crippen LogP contribution in [0.1, 0.15) is 46.6 Å². The molecule has 1 fully saturated rings. The molecule has 1 aliphatic rings. The highest BCUT2D eigenvalue weighted by atomic mass is 32.2. The minimum atomic E-state index is -3.63. The molecule has 0 aromatic heterocycles. The zero-order valence-electron chi connectivity index (χ0n) is 21.3. The first kappa shape index (κ1) is 26.9. The van der Waals surface area contributed by atoms with Crippen LogP contribution < -0.4 is 10.2 Å². The lowest BCUT2D eigenvalue weighted by molar-refractivity contribution is -0.122. The number of carbonyl (C=O) groups is 2. The molecular formula is C27H37N3O4S. The molecule has 2 amide bonds. The van der Waals surface area contributed by atoms with E-state index in [1.54, 1.807) is 17.0 Å². The second-order valence-corrected chi connectivity index (χ2v) is 12.0. The topological polar surface area (TPSA) is 86.8 Å². The average Bonchev–Trinajstić information content (AvgIpc) is 3.20. The van der Waals surface area contributed by atoms with Gasteiger partial charge in [-0.2, -0.15) is 4.31 Å². The van der Waals surface area contributed by atoms with E-state index in [1.807, 2.05) is 52.0 Å². The first-order valence-corrected chi connectivity index (χ1v) is 13.8. The number of amides is 2. The zero-order chi connectivity index (χ0) is 25.8. The highest BCUT2D eigenvalue weighted by Gasteiger charge is 2.35. The van der Waals surface area contributed by atoms with E-state index in [4.69, 9.17) is 0 Å². The number of aryl methyl sites for hydroxylation is 1. The Morgan fingerprint density at radius 3 is 2.09 bits per heavy atom. The Bertz CT molecular complexity index is 1120. The highest BCUT2D eigenvalue weighted by molar-refractivity contribution is 7.89. The molecule has 190 valence electrons. The largest absolute Gasteiger partial charge is 0.326 e. The lowest BCUT2D eigenvalue weighted by Gasteiger charge is -2.25. The first-order valence-electron chi connectivity index (χ1n) is 12.3. The van der Waals surface area contributed by atoms with Gasteiger partial charge >= 0.3 is 0 Å². The molecule has 1 aliphatic heterocycles. The van der Waals surface area contributed by atoms with E-state index in [9.17, 15) is 18.0 Å². The number of rotatable bonds is 10. The van der Waals surface area contributed by atoms with Gasteiger partial charge in [0, 0.05) is 37.4 Å². The van der Waals surface area contributed by atoms with Crippen molar-refractivity contribution >= 4 is 33.2 Å². The van der Waals surface area contributed by atoms with Gasteiger partial charge in [0.2, 0.25) is 21.8 Å². The fourth-order valence-electron chi connectivity index (χ4n) is 4.23. The van der Waals surface area contributed by atoms with E-state index in [1.165, 1.54) is 22.0 Å². The van der Waals surface area contributed by atoms with Crippen LogP contribution in [0, 0.1) is 17.8 Å². The maximum absolute atomic E-state index is 13.2. The molecule has 3 rings (SSSR count). The summed E-state index contributed by atoms with van der Waals surface area (Å²) in [5.74, 6) is -0.376. The normalized spacial score (nSPS) is 16.5. The molecule has 2 aromatic rings. The van der Waals surface area contributed by atoms with Crippen LogP contribution in [0.4, 0.5) is 11.4 Å². The molecule has 35 heavy (non-hydrogen) atoms. The molecule has 0 radical (unpaired) electrons. The van der Waals surface area contributed by atoms with E-state index in [2.05, 4.69) is 12.2 Å². The van der Waals surface area contributed by atoms with Gasteiger partial charge in [0.1, 0.15) is 0 Å². The third-order valence-electron chi connectivity index (χ3n) is 6.05. The maximum Gasteiger partial charge on any atom is 0.243 e. The molecule has 0 spiro atoms. The quantitative estimate of drug-likeness (QED) is 0.520. The van der Waals surface area contributed by atoms with Crippen LogP contribution in [-0.4, -0.2) is 44.2 Å². The van der Waals surface area contributed by atoms with E-state index < -0.39 is 15.9 Å². The van der Waals surface area contributed by atoms with Crippen molar-refractivity contribution in [2.75, 3.05) is 29.9 Å². The van der Waals surface area contributed by atoms with Crippen LogP contribution in [0.25, 0.3) is 0 Å². The number of nitrogens with zero attached hydrogens (tertiary/aromatic N) is 2. The van der Waals surface area contributed by atoms with Gasteiger partial charge in [-0.05, 0) is 60.2 Å². The monoisotopic (exact) mass is 499 g/mol. The van der Waals surface area contributed by atoms with Gasteiger partial charge in [-0.15, -0.1) is 0 Å². The molecule has 1 heterocycles. The molecule has 0 aliphatic carbocycles. The number of hydrogen-bond donors (Lipinski definition) is 1. The number of hydrogen-bond acceptors (Lipinski definition) is 4. The van der Waals surface area contributed by atoms with Gasteiger partial charge in [-0.1, -0.05) is 46.8 Å². The molecule has 0 saturated carbocycles. The Balaban J connectivity index is 1.67. The minimum absolute atomic E-state index is 0.0776. The van der Waals surface area contributed by atoms with Gasteiger partial charge in [0.15, 0.2) is 0 Å². The molecule has 0 bridgehead atoms. The van der Waals surface area contributed by atoms with Crippen molar-refractivity contribution in [3.63, 3.8) is 0 Å². The Morgan fingerprint density at radius 2 is 1.57 bits per heavy atom. The Labute approximate surface area is 209 Å². The number of carbonyl (C=O) groups excluding carboxylic acids is 2. The zero-order valence-corrected chi connectivity index (χ0v) is 22.1. The summed E-state index contributed by atoms with van der Waals surface area (Å²) >= 11 is 0. The fraction of sp³-hybridized carbons (Fsp3) is 0.481. The third kappa shape index (κ3) is 6.70. The van der Waals surface area contributed by atoms with E-state index in [0.717, 1.165) is 12.1 Å². The van der Waals surface area contributed by atoms with Gasteiger partial charge in [-0.3, -0.25) is 9.59 Å². The van der Waals surface area contributed by atoms with Crippen molar-refractivity contribution in [3.05, 3.63) is 54.1 Å². The highest BCUT2D eigenvalue weighted by Crippen LogP contribution is 2.27. The molecule has 8 heteroatoms. The fourth-order valence-corrected chi connectivity index (χ4v) is 6.00. The molecule has 1 N–H and O–H groups in total. The van der Waals surface area contributed by atoms with Crippen LogP contribution in [-0.2, 0) is 26.0 Å². The SMILES string of the molecule is CCc1ccc(N2CC(C(=O)Nc3ccc(S(=O)(=O)N(CC(C)C)CC(C)C)cc3)CC2=O)cc1. The third-order valence-corrected chi connectivity index (χ3v) is 7.90. The second kappa shape index (κ2) is 11.4. The molecule has 7 nitrogen and oxygen atoms in total. The van der Waals surface area contributed by atoms with Gasteiger partial charge in [0.25, 0.3) is 0 Å². The van der Waals surface area contributed by atoms with Crippen LogP contribution in [0.15, 0.2) is 53.4 Å². The van der Waals surface area contributed by atoms with Gasteiger partial charge < -0.3 is 10.2 Å². The number of nitrogens with one attached hydrogen (secondary N) is 1. The van der Waals surface area contributed by atoms with Crippen molar-refractivity contribution in [1.82, 2.24) is 4.31 Å². The number of anilines is 2. The molecule has 1 unspecified atom stereocenters. The van der Waals surface area contributed by atoms with E-state index in [-0.39, 0.29) is 35.0 Å². The summed E-state index contributed by atoms with van der Waals surface area (Å²) in [6.45, 7) is 11.3. The summed E-state index contributed by atoms with van der Waals surface area (Å²) in [6.07, 6.45) is 1.07. The predicted molar refractivity (Wildman–Crippen MR) is 140 cm³/mol. The van der Waals surface area contributed by atoms with Crippen molar-refractivity contribution < 1.29 is 18.0 Å². The molecular weight excluding hydrogens is 462 g/mol. The van der Waals surface area contributed by atoms with E-state index >= 15 is 0 Å². The second-order valence-electron chi connectivity index (χ2n) is 10.0.